The number of aromatic nitrogens is 1. The molecule has 1 aromatic rings. The van der Waals surface area contributed by atoms with E-state index in [1.54, 1.807) is 17.4 Å². The summed E-state index contributed by atoms with van der Waals surface area (Å²) in [6.45, 7) is 9.10. The predicted molar refractivity (Wildman–Crippen MR) is 91.0 cm³/mol. The standard InChI is InChI=1S/C16H24N4O2S/c1-3-5-15(18-13(2)21)16(22)20-7-4-6-19(8-9-20)10-14-11-23-12-17-14/h3,11-12,15H,1,4-10H2,2H3,(H,18,21). The molecule has 1 saturated heterocycles. The zero-order valence-corrected chi connectivity index (χ0v) is 14.3. The first-order valence-corrected chi connectivity index (χ1v) is 8.80. The SMILES string of the molecule is C=CCC(NC(C)=O)C(=O)N1CCCN(Cc2cscn2)CC1. The minimum absolute atomic E-state index is 0.0180. The molecule has 0 aromatic carbocycles. The molecule has 1 N–H and O–H groups in total. The second-order valence-corrected chi connectivity index (χ2v) is 6.43. The molecule has 0 bridgehead atoms. The Labute approximate surface area is 141 Å². The summed E-state index contributed by atoms with van der Waals surface area (Å²) in [5.74, 6) is -0.208. The van der Waals surface area contributed by atoms with Gasteiger partial charge in [-0.2, -0.15) is 0 Å². The van der Waals surface area contributed by atoms with Crippen molar-refractivity contribution < 1.29 is 9.59 Å². The van der Waals surface area contributed by atoms with Gasteiger partial charge in [-0.05, 0) is 12.8 Å². The summed E-state index contributed by atoms with van der Waals surface area (Å²) < 4.78 is 0. The Bertz CT molecular complexity index is 532. The molecule has 1 atom stereocenters. The van der Waals surface area contributed by atoms with Gasteiger partial charge in [0.15, 0.2) is 0 Å². The third kappa shape index (κ3) is 5.44. The van der Waals surface area contributed by atoms with E-state index < -0.39 is 6.04 Å². The van der Waals surface area contributed by atoms with Crippen LogP contribution in [0, 0.1) is 0 Å². The third-order valence-corrected chi connectivity index (χ3v) is 4.48. The predicted octanol–water partition coefficient (Wildman–Crippen LogP) is 1.26. The van der Waals surface area contributed by atoms with E-state index in [2.05, 4.69) is 27.2 Å². The van der Waals surface area contributed by atoms with Crippen LogP contribution in [0.3, 0.4) is 0 Å². The van der Waals surface area contributed by atoms with Gasteiger partial charge in [-0.3, -0.25) is 14.5 Å². The first-order chi connectivity index (χ1) is 11.1. The highest BCUT2D eigenvalue weighted by Gasteiger charge is 2.26. The number of carbonyl (C=O) groups excluding carboxylic acids is 2. The van der Waals surface area contributed by atoms with Crippen molar-refractivity contribution in [3.63, 3.8) is 0 Å². The second-order valence-electron chi connectivity index (χ2n) is 5.71. The fourth-order valence-corrected chi connectivity index (χ4v) is 3.30. The highest BCUT2D eigenvalue weighted by atomic mass is 32.1. The van der Waals surface area contributed by atoms with Gasteiger partial charge in [0, 0.05) is 45.0 Å². The summed E-state index contributed by atoms with van der Waals surface area (Å²) in [7, 11) is 0. The van der Waals surface area contributed by atoms with Crippen LogP contribution in [0.2, 0.25) is 0 Å². The molecule has 126 valence electrons. The van der Waals surface area contributed by atoms with E-state index in [-0.39, 0.29) is 11.8 Å². The molecule has 2 amide bonds. The molecule has 1 aliphatic heterocycles. The number of nitrogens with one attached hydrogen (secondary N) is 1. The number of amides is 2. The molecule has 6 nitrogen and oxygen atoms in total. The third-order valence-electron chi connectivity index (χ3n) is 3.85. The van der Waals surface area contributed by atoms with Gasteiger partial charge in [0.05, 0.1) is 11.2 Å². The molecule has 1 aromatic heterocycles. The zero-order chi connectivity index (χ0) is 16.7. The summed E-state index contributed by atoms with van der Waals surface area (Å²) in [5.41, 5.74) is 2.92. The normalized spacial score (nSPS) is 17.3. The van der Waals surface area contributed by atoms with Crippen molar-refractivity contribution >= 4 is 23.2 Å². The number of hydrogen-bond donors (Lipinski definition) is 1. The Morgan fingerprint density at radius 2 is 2.26 bits per heavy atom. The van der Waals surface area contributed by atoms with E-state index in [0.717, 1.165) is 38.3 Å². The molecule has 2 heterocycles. The fraction of sp³-hybridized carbons (Fsp3) is 0.562. The first-order valence-electron chi connectivity index (χ1n) is 7.86. The summed E-state index contributed by atoms with van der Waals surface area (Å²) >= 11 is 1.60. The van der Waals surface area contributed by atoms with Crippen molar-refractivity contribution in [2.24, 2.45) is 0 Å². The Morgan fingerprint density at radius 3 is 2.91 bits per heavy atom. The van der Waals surface area contributed by atoms with Crippen LogP contribution in [0.5, 0.6) is 0 Å². The Balaban J connectivity index is 1.91. The quantitative estimate of drug-likeness (QED) is 0.794. The average Bonchev–Trinajstić information content (AvgIpc) is 2.90. The van der Waals surface area contributed by atoms with Gasteiger partial charge >= 0.3 is 0 Å². The molecule has 2 rings (SSSR count). The molecular weight excluding hydrogens is 312 g/mol. The minimum atomic E-state index is -0.505. The number of nitrogens with zero attached hydrogens (tertiary/aromatic N) is 3. The average molecular weight is 336 g/mol. The lowest BCUT2D eigenvalue weighted by Gasteiger charge is -2.26. The Morgan fingerprint density at radius 1 is 1.43 bits per heavy atom. The van der Waals surface area contributed by atoms with E-state index in [0.29, 0.717) is 13.0 Å². The van der Waals surface area contributed by atoms with E-state index in [1.165, 1.54) is 6.92 Å². The van der Waals surface area contributed by atoms with Crippen molar-refractivity contribution in [1.82, 2.24) is 20.1 Å². The highest BCUT2D eigenvalue weighted by Crippen LogP contribution is 2.11. The zero-order valence-electron chi connectivity index (χ0n) is 13.5. The van der Waals surface area contributed by atoms with Gasteiger partial charge in [0.1, 0.15) is 6.04 Å². The number of carbonyl (C=O) groups is 2. The molecule has 0 aliphatic carbocycles. The van der Waals surface area contributed by atoms with Gasteiger partial charge in [-0.1, -0.05) is 6.08 Å². The lowest BCUT2D eigenvalue weighted by atomic mass is 10.1. The molecule has 1 fully saturated rings. The maximum atomic E-state index is 12.6. The molecular formula is C16H24N4O2S. The molecule has 1 aliphatic rings. The largest absolute Gasteiger partial charge is 0.344 e. The summed E-state index contributed by atoms with van der Waals surface area (Å²) in [6.07, 6.45) is 3.05. The summed E-state index contributed by atoms with van der Waals surface area (Å²) in [6, 6.07) is -0.505. The van der Waals surface area contributed by atoms with Crippen LogP contribution in [0.25, 0.3) is 0 Å². The second kappa shape index (κ2) is 8.79. The van der Waals surface area contributed by atoms with E-state index in [4.69, 9.17) is 0 Å². The van der Waals surface area contributed by atoms with Gasteiger partial charge in [-0.15, -0.1) is 17.9 Å². The van der Waals surface area contributed by atoms with Crippen LogP contribution in [0.4, 0.5) is 0 Å². The van der Waals surface area contributed by atoms with Crippen molar-refractivity contribution in [3.05, 3.63) is 29.2 Å². The first kappa shape index (κ1) is 17.6. The Hall–Kier alpha value is -1.73. The summed E-state index contributed by atoms with van der Waals surface area (Å²) in [4.78, 5) is 32.4. The van der Waals surface area contributed by atoms with Gasteiger partial charge in [0.25, 0.3) is 0 Å². The van der Waals surface area contributed by atoms with E-state index in [9.17, 15) is 9.59 Å². The van der Waals surface area contributed by atoms with Gasteiger partial charge < -0.3 is 10.2 Å². The molecule has 7 heteroatoms. The Kier molecular flexibility index (Phi) is 6.73. The maximum absolute atomic E-state index is 12.6. The topological polar surface area (TPSA) is 65.5 Å². The molecule has 0 spiro atoms. The van der Waals surface area contributed by atoms with Crippen LogP contribution >= 0.6 is 11.3 Å². The van der Waals surface area contributed by atoms with Crippen LogP contribution in [0.1, 0.15) is 25.5 Å². The van der Waals surface area contributed by atoms with Crippen LogP contribution in [-0.2, 0) is 16.1 Å². The van der Waals surface area contributed by atoms with Crippen molar-refractivity contribution in [2.45, 2.75) is 32.4 Å². The number of rotatable bonds is 6. The van der Waals surface area contributed by atoms with Crippen molar-refractivity contribution in [3.8, 4) is 0 Å². The molecule has 23 heavy (non-hydrogen) atoms. The van der Waals surface area contributed by atoms with Crippen LogP contribution < -0.4 is 5.32 Å². The number of thiazole rings is 1. The molecule has 0 radical (unpaired) electrons. The van der Waals surface area contributed by atoms with Crippen molar-refractivity contribution in [2.75, 3.05) is 26.2 Å². The lowest BCUT2D eigenvalue weighted by molar-refractivity contribution is -0.135. The minimum Gasteiger partial charge on any atom is -0.344 e. The van der Waals surface area contributed by atoms with Gasteiger partial charge in [-0.25, -0.2) is 4.98 Å². The lowest BCUT2D eigenvalue weighted by Crippen LogP contribution is -2.48. The highest BCUT2D eigenvalue weighted by molar-refractivity contribution is 7.07. The van der Waals surface area contributed by atoms with Crippen molar-refractivity contribution in [1.29, 1.82) is 0 Å². The summed E-state index contributed by atoms with van der Waals surface area (Å²) in [5, 5.41) is 4.78. The van der Waals surface area contributed by atoms with Gasteiger partial charge in [0.2, 0.25) is 11.8 Å². The molecule has 0 saturated carbocycles. The van der Waals surface area contributed by atoms with Crippen LogP contribution in [-0.4, -0.2) is 58.8 Å². The van der Waals surface area contributed by atoms with E-state index >= 15 is 0 Å². The number of hydrogen-bond acceptors (Lipinski definition) is 5. The van der Waals surface area contributed by atoms with Crippen LogP contribution in [0.15, 0.2) is 23.5 Å². The monoisotopic (exact) mass is 336 g/mol. The van der Waals surface area contributed by atoms with E-state index in [1.807, 2.05) is 10.4 Å². The smallest absolute Gasteiger partial charge is 0.245 e. The molecule has 1 unspecified atom stereocenters. The fourth-order valence-electron chi connectivity index (χ4n) is 2.75. The maximum Gasteiger partial charge on any atom is 0.245 e.